The van der Waals surface area contributed by atoms with Crippen molar-refractivity contribution < 1.29 is 9.53 Å². The van der Waals surface area contributed by atoms with Crippen LogP contribution in [0.15, 0.2) is 46.9 Å². The molecule has 1 aliphatic rings. The predicted octanol–water partition coefficient (Wildman–Crippen LogP) is 4.46. The Bertz CT molecular complexity index is 632. The fourth-order valence-corrected chi connectivity index (χ4v) is 2.57. The molecule has 3 heteroatoms. The molecule has 0 spiro atoms. The van der Waals surface area contributed by atoms with E-state index >= 15 is 0 Å². The van der Waals surface area contributed by atoms with Gasteiger partial charge < -0.3 is 4.74 Å². The molecule has 1 unspecified atom stereocenters. The Balaban J connectivity index is 1.95. The van der Waals surface area contributed by atoms with Crippen molar-refractivity contribution in [3.05, 3.63) is 63.6 Å². The van der Waals surface area contributed by atoms with Gasteiger partial charge >= 0.3 is 0 Å². The van der Waals surface area contributed by atoms with Gasteiger partial charge in [0.1, 0.15) is 11.9 Å². The molecule has 3 rings (SSSR count). The number of aryl methyl sites for hydroxylation is 1. The Morgan fingerprint density at radius 3 is 2.63 bits per heavy atom. The maximum Gasteiger partial charge on any atom is 0.170 e. The van der Waals surface area contributed by atoms with Crippen molar-refractivity contribution in [2.75, 3.05) is 0 Å². The summed E-state index contributed by atoms with van der Waals surface area (Å²) in [5.74, 6) is 0.840. The normalized spacial score (nSPS) is 17.8. The fraction of sp³-hybridized carbons (Fsp3) is 0.188. The van der Waals surface area contributed by atoms with Crippen LogP contribution in [0.25, 0.3) is 0 Å². The summed E-state index contributed by atoms with van der Waals surface area (Å²) in [6, 6.07) is 13.7. The lowest BCUT2D eigenvalue weighted by atomic mass is 9.95. The van der Waals surface area contributed by atoms with Crippen LogP contribution in [0.3, 0.4) is 0 Å². The van der Waals surface area contributed by atoms with E-state index in [0.29, 0.717) is 17.7 Å². The minimum Gasteiger partial charge on any atom is -0.484 e. The summed E-state index contributed by atoms with van der Waals surface area (Å²) < 4.78 is 6.97. The first-order valence-corrected chi connectivity index (χ1v) is 6.99. The van der Waals surface area contributed by atoms with Crippen LogP contribution < -0.4 is 4.74 Å². The average molecular weight is 317 g/mol. The van der Waals surface area contributed by atoms with E-state index in [9.17, 15) is 4.79 Å². The van der Waals surface area contributed by atoms with Gasteiger partial charge in [0.05, 0.1) is 12.0 Å². The highest BCUT2D eigenvalue weighted by atomic mass is 79.9. The summed E-state index contributed by atoms with van der Waals surface area (Å²) in [6.07, 6.45) is 0.216. The summed E-state index contributed by atoms with van der Waals surface area (Å²) in [5.41, 5.74) is 2.81. The highest BCUT2D eigenvalue weighted by molar-refractivity contribution is 9.10. The number of benzene rings is 2. The smallest absolute Gasteiger partial charge is 0.170 e. The Kier molecular flexibility index (Phi) is 3.15. The molecular formula is C16H13BrO2. The van der Waals surface area contributed by atoms with Crippen LogP contribution in [0.4, 0.5) is 0 Å². The van der Waals surface area contributed by atoms with Gasteiger partial charge in [-0.3, -0.25) is 4.79 Å². The van der Waals surface area contributed by atoms with Gasteiger partial charge in [-0.2, -0.15) is 0 Å². The molecule has 1 heterocycles. The number of fused-ring (bicyclic) bond motifs is 1. The molecule has 1 atom stereocenters. The second-order valence-electron chi connectivity index (χ2n) is 4.78. The number of ether oxygens (including phenoxy) is 1. The second-order valence-corrected chi connectivity index (χ2v) is 5.70. The van der Waals surface area contributed by atoms with Gasteiger partial charge in [0.15, 0.2) is 5.78 Å². The Labute approximate surface area is 120 Å². The number of Topliss-reactive ketones (excluding diaryl/α,β-unsaturated/α-hetero) is 1. The molecule has 19 heavy (non-hydrogen) atoms. The van der Waals surface area contributed by atoms with Gasteiger partial charge in [-0.25, -0.2) is 0 Å². The van der Waals surface area contributed by atoms with Gasteiger partial charge in [-0.1, -0.05) is 39.7 Å². The second kappa shape index (κ2) is 4.82. The minimum atomic E-state index is -0.184. The van der Waals surface area contributed by atoms with Crippen molar-refractivity contribution in [2.45, 2.75) is 19.4 Å². The lowest BCUT2D eigenvalue weighted by molar-refractivity contribution is 0.0850. The maximum atomic E-state index is 12.2. The quantitative estimate of drug-likeness (QED) is 0.776. The van der Waals surface area contributed by atoms with Crippen LogP contribution in [-0.2, 0) is 0 Å². The van der Waals surface area contributed by atoms with E-state index in [2.05, 4.69) is 15.9 Å². The molecule has 2 aromatic carbocycles. The van der Waals surface area contributed by atoms with Crippen LogP contribution >= 0.6 is 15.9 Å². The van der Waals surface area contributed by atoms with E-state index in [4.69, 9.17) is 4.74 Å². The zero-order valence-electron chi connectivity index (χ0n) is 10.5. The van der Waals surface area contributed by atoms with E-state index in [1.54, 1.807) is 0 Å². The van der Waals surface area contributed by atoms with E-state index in [1.165, 1.54) is 0 Å². The Morgan fingerprint density at radius 1 is 1.16 bits per heavy atom. The average Bonchev–Trinajstić information content (AvgIpc) is 2.40. The first-order chi connectivity index (χ1) is 9.13. The standard InChI is InChI=1S/C16H13BrO2/c1-10-2-7-15-13(8-10)14(18)9-16(19-15)11-3-5-12(17)6-4-11/h2-8,16H,9H2,1H3. The zero-order valence-corrected chi connectivity index (χ0v) is 12.1. The molecule has 0 saturated carbocycles. The molecule has 2 aromatic rings. The molecular weight excluding hydrogens is 304 g/mol. The number of carbonyl (C=O) groups excluding carboxylic acids is 1. The van der Waals surface area contributed by atoms with Crippen LogP contribution in [0, 0.1) is 6.92 Å². The molecule has 0 aliphatic carbocycles. The highest BCUT2D eigenvalue weighted by Gasteiger charge is 2.27. The summed E-state index contributed by atoms with van der Waals surface area (Å²) in [6.45, 7) is 1.98. The summed E-state index contributed by atoms with van der Waals surface area (Å²) in [4.78, 5) is 12.2. The number of hydrogen-bond acceptors (Lipinski definition) is 2. The van der Waals surface area contributed by atoms with Gasteiger partial charge in [0.25, 0.3) is 0 Å². The largest absolute Gasteiger partial charge is 0.484 e. The number of carbonyl (C=O) groups is 1. The van der Waals surface area contributed by atoms with Crippen LogP contribution in [0.1, 0.15) is 34.0 Å². The third-order valence-electron chi connectivity index (χ3n) is 3.32. The molecule has 96 valence electrons. The molecule has 0 amide bonds. The molecule has 1 aliphatic heterocycles. The van der Waals surface area contributed by atoms with Crippen molar-refractivity contribution in [2.24, 2.45) is 0 Å². The Hall–Kier alpha value is -1.61. The fourth-order valence-electron chi connectivity index (χ4n) is 2.30. The molecule has 0 aromatic heterocycles. The minimum absolute atomic E-state index is 0.151. The number of rotatable bonds is 1. The summed E-state index contributed by atoms with van der Waals surface area (Å²) in [5, 5.41) is 0. The maximum absolute atomic E-state index is 12.2. The molecule has 2 nitrogen and oxygen atoms in total. The Morgan fingerprint density at radius 2 is 1.89 bits per heavy atom. The van der Waals surface area contributed by atoms with Crippen molar-refractivity contribution >= 4 is 21.7 Å². The number of hydrogen-bond donors (Lipinski definition) is 0. The third kappa shape index (κ3) is 2.43. The SMILES string of the molecule is Cc1ccc2c(c1)C(=O)CC(c1ccc(Br)cc1)O2. The number of halogens is 1. The molecule has 0 fully saturated rings. The van der Waals surface area contributed by atoms with Gasteiger partial charge in [0, 0.05) is 4.47 Å². The van der Waals surface area contributed by atoms with Gasteiger partial charge in [-0.15, -0.1) is 0 Å². The predicted molar refractivity (Wildman–Crippen MR) is 77.6 cm³/mol. The van der Waals surface area contributed by atoms with E-state index < -0.39 is 0 Å². The first kappa shape index (κ1) is 12.4. The third-order valence-corrected chi connectivity index (χ3v) is 3.85. The summed E-state index contributed by atoms with van der Waals surface area (Å²) in [7, 11) is 0. The van der Waals surface area contributed by atoms with Crippen LogP contribution in [-0.4, -0.2) is 5.78 Å². The van der Waals surface area contributed by atoms with E-state index in [0.717, 1.165) is 15.6 Å². The number of ketones is 1. The van der Waals surface area contributed by atoms with Crippen molar-refractivity contribution in [3.63, 3.8) is 0 Å². The molecule has 0 radical (unpaired) electrons. The van der Waals surface area contributed by atoms with Crippen LogP contribution in [0.5, 0.6) is 5.75 Å². The highest BCUT2D eigenvalue weighted by Crippen LogP contribution is 2.35. The first-order valence-electron chi connectivity index (χ1n) is 6.19. The van der Waals surface area contributed by atoms with Crippen molar-refractivity contribution in [1.82, 2.24) is 0 Å². The molecule has 0 saturated heterocycles. The lowest BCUT2D eigenvalue weighted by Crippen LogP contribution is -2.20. The van der Waals surface area contributed by atoms with Gasteiger partial charge in [0.2, 0.25) is 0 Å². The summed E-state index contributed by atoms with van der Waals surface area (Å²) >= 11 is 3.41. The van der Waals surface area contributed by atoms with Crippen LogP contribution in [0.2, 0.25) is 0 Å². The van der Waals surface area contributed by atoms with E-state index in [1.807, 2.05) is 49.4 Å². The zero-order chi connectivity index (χ0) is 13.4. The monoisotopic (exact) mass is 316 g/mol. The van der Waals surface area contributed by atoms with Crippen molar-refractivity contribution in [1.29, 1.82) is 0 Å². The van der Waals surface area contributed by atoms with Gasteiger partial charge in [-0.05, 0) is 36.8 Å². The van der Waals surface area contributed by atoms with Crippen molar-refractivity contribution in [3.8, 4) is 5.75 Å². The van der Waals surface area contributed by atoms with E-state index in [-0.39, 0.29) is 11.9 Å². The topological polar surface area (TPSA) is 26.3 Å². The lowest BCUT2D eigenvalue weighted by Gasteiger charge is -2.25. The molecule has 0 N–H and O–H groups in total. The molecule has 0 bridgehead atoms.